The van der Waals surface area contributed by atoms with Crippen LogP contribution in [0.3, 0.4) is 0 Å². The van der Waals surface area contributed by atoms with E-state index in [1.165, 1.54) is 53.2 Å². The van der Waals surface area contributed by atoms with Gasteiger partial charge in [-0.05, 0) is 54.1 Å². The monoisotopic (exact) mass is 472 g/mol. The van der Waals surface area contributed by atoms with Gasteiger partial charge in [-0.15, -0.1) is 0 Å². The molecule has 4 aromatic rings. The van der Waals surface area contributed by atoms with Crippen molar-refractivity contribution in [3.63, 3.8) is 0 Å². The molecule has 0 saturated heterocycles. The summed E-state index contributed by atoms with van der Waals surface area (Å²) in [5.74, 6) is 0. The van der Waals surface area contributed by atoms with Gasteiger partial charge in [-0.3, -0.25) is 0 Å². The Bertz CT molecular complexity index is 1410. The highest BCUT2D eigenvalue weighted by molar-refractivity contribution is 7.90. The Morgan fingerprint density at radius 3 is 1.76 bits per heavy atom. The van der Waals surface area contributed by atoms with Crippen molar-refractivity contribution < 1.29 is 21.6 Å². The lowest BCUT2D eigenvalue weighted by molar-refractivity contribution is -0.140. The van der Waals surface area contributed by atoms with Gasteiger partial charge in [0.1, 0.15) is 0 Å². The van der Waals surface area contributed by atoms with Gasteiger partial charge in [-0.25, -0.2) is 13.1 Å². The average Bonchev–Trinajstić information content (AvgIpc) is 3.15. The van der Waals surface area contributed by atoms with Crippen molar-refractivity contribution in [2.75, 3.05) is 17.7 Å². The Balaban J connectivity index is 2.07. The molecule has 0 aliphatic heterocycles. The molecular formula is C23H19F3N4O2S. The van der Waals surface area contributed by atoms with E-state index in [2.05, 4.69) is 5.10 Å². The second-order valence-corrected chi connectivity index (χ2v) is 9.51. The van der Waals surface area contributed by atoms with Crippen molar-refractivity contribution in [1.29, 1.82) is 0 Å². The Morgan fingerprint density at radius 2 is 1.27 bits per heavy atom. The molecule has 0 aliphatic carbocycles. The number of anilines is 2. The average molecular weight is 472 g/mol. The van der Waals surface area contributed by atoms with Gasteiger partial charge in [0.25, 0.3) is 0 Å². The van der Waals surface area contributed by atoms with Crippen molar-refractivity contribution in [2.24, 2.45) is 0 Å². The molecule has 4 N–H and O–H groups in total. The van der Waals surface area contributed by atoms with Crippen LogP contribution in [-0.4, -0.2) is 24.5 Å². The number of nitrogen functional groups attached to an aromatic ring is 2. The number of sulfone groups is 1. The molecule has 0 unspecified atom stereocenters. The van der Waals surface area contributed by atoms with Gasteiger partial charge in [0.2, 0.25) is 0 Å². The molecule has 6 nitrogen and oxygen atoms in total. The van der Waals surface area contributed by atoms with Crippen LogP contribution < -0.4 is 11.5 Å². The summed E-state index contributed by atoms with van der Waals surface area (Å²) in [6.45, 7) is 0. The first kappa shape index (κ1) is 22.4. The van der Waals surface area contributed by atoms with Gasteiger partial charge in [-0.1, -0.05) is 24.3 Å². The first-order valence-corrected chi connectivity index (χ1v) is 11.6. The molecule has 0 saturated carbocycles. The minimum atomic E-state index is -4.75. The number of rotatable bonds is 4. The predicted octanol–water partition coefficient (Wildman–Crippen LogP) is 4.79. The van der Waals surface area contributed by atoms with E-state index in [4.69, 9.17) is 11.5 Å². The van der Waals surface area contributed by atoms with Crippen molar-refractivity contribution >= 4 is 21.2 Å². The summed E-state index contributed by atoms with van der Waals surface area (Å²) in [6.07, 6.45) is -3.70. The molecule has 0 amide bonds. The summed E-state index contributed by atoms with van der Waals surface area (Å²) >= 11 is 0. The van der Waals surface area contributed by atoms with E-state index >= 15 is 0 Å². The lowest BCUT2D eigenvalue weighted by Gasteiger charge is -2.12. The van der Waals surface area contributed by atoms with E-state index in [-0.39, 0.29) is 21.7 Å². The lowest BCUT2D eigenvalue weighted by Crippen LogP contribution is -2.08. The summed E-state index contributed by atoms with van der Waals surface area (Å²) in [4.78, 5) is 0.0508. The SMILES string of the molecule is CS(=O)(=O)c1ccc(-c2c(-c3ccc(N)cc3)c(C(F)(F)F)nn2-c2ccc(N)cc2)cc1. The Hall–Kier alpha value is -3.79. The number of nitrogens with two attached hydrogens (primary N) is 2. The number of hydrogen-bond donors (Lipinski definition) is 2. The van der Waals surface area contributed by atoms with E-state index < -0.39 is 21.7 Å². The maximum absolute atomic E-state index is 14.1. The lowest BCUT2D eigenvalue weighted by atomic mass is 9.98. The summed E-state index contributed by atoms with van der Waals surface area (Å²) < 4.78 is 67.3. The molecule has 0 radical (unpaired) electrons. The fraction of sp³-hybridized carbons (Fsp3) is 0.0870. The first-order valence-electron chi connectivity index (χ1n) is 9.67. The zero-order valence-electron chi connectivity index (χ0n) is 17.3. The maximum atomic E-state index is 14.1. The van der Waals surface area contributed by atoms with Crippen LogP contribution in [0.4, 0.5) is 24.5 Å². The highest BCUT2D eigenvalue weighted by Gasteiger charge is 2.40. The molecule has 4 rings (SSSR count). The molecule has 10 heteroatoms. The van der Waals surface area contributed by atoms with E-state index in [0.29, 0.717) is 22.6 Å². The van der Waals surface area contributed by atoms with Crippen molar-refractivity contribution in [1.82, 2.24) is 9.78 Å². The van der Waals surface area contributed by atoms with Crippen LogP contribution in [0.2, 0.25) is 0 Å². The van der Waals surface area contributed by atoms with Gasteiger partial charge < -0.3 is 11.5 Å². The quantitative estimate of drug-likeness (QED) is 0.416. The molecule has 1 heterocycles. The normalized spacial score (nSPS) is 12.1. The second kappa shape index (κ2) is 7.96. The Kier molecular flexibility index (Phi) is 5.41. The van der Waals surface area contributed by atoms with Crippen molar-refractivity contribution in [3.05, 3.63) is 78.5 Å². The largest absolute Gasteiger partial charge is 0.435 e. The molecule has 0 atom stereocenters. The summed E-state index contributed by atoms with van der Waals surface area (Å²) in [5, 5.41) is 3.93. The molecule has 0 spiro atoms. The molecule has 0 aliphatic rings. The van der Waals surface area contributed by atoms with E-state index in [1.54, 1.807) is 24.3 Å². The standard InChI is InChI=1S/C23H19F3N4O2S/c1-33(31,32)19-12-4-15(5-13-19)21-20(14-2-6-16(27)7-3-14)22(23(24,25)26)29-30(21)18-10-8-17(28)9-11-18/h2-13H,27-28H2,1H3. The number of nitrogens with zero attached hydrogens (tertiary/aromatic N) is 2. The molecular weight excluding hydrogens is 453 g/mol. The minimum absolute atomic E-state index is 0.0508. The molecule has 0 bridgehead atoms. The van der Waals surface area contributed by atoms with Crippen molar-refractivity contribution in [3.8, 4) is 28.1 Å². The highest BCUT2D eigenvalue weighted by Crippen LogP contribution is 2.43. The van der Waals surface area contributed by atoms with Crippen LogP contribution in [0.5, 0.6) is 0 Å². The van der Waals surface area contributed by atoms with Crippen LogP contribution >= 0.6 is 0 Å². The number of benzene rings is 3. The molecule has 3 aromatic carbocycles. The fourth-order valence-electron chi connectivity index (χ4n) is 3.47. The molecule has 1 aromatic heterocycles. The third-order valence-electron chi connectivity index (χ3n) is 5.05. The fourth-order valence-corrected chi connectivity index (χ4v) is 4.10. The molecule has 170 valence electrons. The summed E-state index contributed by atoms with van der Waals surface area (Å²) in [7, 11) is -3.48. The van der Waals surface area contributed by atoms with Crippen LogP contribution in [0, 0.1) is 0 Å². The Labute approximate surface area is 188 Å². The van der Waals surface area contributed by atoms with Crippen LogP contribution in [0.25, 0.3) is 28.1 Å². The van der Waals surface area contributed by atoms with Crippen LogP contribution in [0.1, 0.15) is 5.69 Å². The first-order chi connectivity index (χ1) is 15.4. The van der Waals surface area contributed by atoms with Crippen LogP contribution in [-0.2, 0) is 16.0 Å². The van der Waals surface area contributed by atoms with Gasteiger partial charge in [0, 0.05) is 28.8 Å². The van der Waals surface area contributed by atoms with Gasteiger partial charge in [-0.2, -0.15) is 18.3 Å². The number of aromatic nitrogens is 2. The Morgan fingerprint density at radius 1 is 0.788 bits per heavy atom. The van der Waals surface area contributed by atoms with Gasteiger partial charge in [0.05, 0.1) is 16.3 Å². The number of alkyl halides is 3. The number of hydrogen-bond acceptors (Lipinski definition) is 5. The van der Waals surface area contributed by atoms with Gasteiger partial charge in [0.15, 0.2) is 15.5 Å². The summed E-state index contributed by atoms with van der Waals surface area (Å²) in [6, 6.07) is 17.9. The molecule has 33 heavy (non-hydrogen) atoms. The number of halogens is 3. The topological polar surface area (TPSA) is 104 Å². The predicted molar refractivity (Wildman–Crippen MR) is 121 cm³/mol. The van der Waals surface area contributed by atoms with E-state index in [1.807, 2.05) is 0 Å². The van der Waals surface area contributed by atoms with E-state index in [9.17, 15) is 21.6 Å². The smallest absolute Gasteiger partial charge is 0.399 e. The second-order valence-electron chi connectivity index (χ2n) is 7.49. The maximum Gasteiger partial charge on any atom is 0.435 e. The third-order valence-corrected chi connectivity index (χ3v) is 6.18. The zero-order chi connectivity index (χ0) is 24.0. The third kappa shape index (κ3) is 4.42. The summed E-state index contributed by atoms with van der Waals surface area (Å²) in [5.41, 5.74) is 12.2. The van der Waals surface area contributed by atoms with Crippen LogP contribution in [0.15, 0.2) is 77.7 Å². The zero-order valence-corrected chi connectivity index (χ0v) is 18.2. The van der Waals surface area contributed by atoms with E-state index in [0.717, 1.165) is 6.26 Å². The minimum Gasteiger partial charge on any atom is -0.399 e. The molecule has 0 fully saturated rings. The highest BCUT2D eigenvalue weighted by atomic mass is 32.2. The van der Waals surface area contributed by atoms with Crippen molar-refractivity contribution in [2.45, 2.75) is 11.1 Å². The van der Waals surface area contributed by atoms with Gasteiger partial charge >= 0.3 is 6.18 Å².